The molecule has 0 unspecified atom stereocenters. The van der Waals surface area contributed by atoms with Crippen LogP contribution in [-0.4, -0.2) is 15.3 Å². The van der Waals surface area contributed by atoms with Gasteiger partial charge in [-0.25, -0.2) is 0 Å². The Morgan fingerprint density at radius 3 is 1.89 bits per heavy atom. The van der Waals surface area contributed by atoms with Gasteiger partial charge in [-0.05, 0) is 55.2 Å². The molecule has 0 radical (unpaired) electrons. The summed E-state index contributed by atoms with van der Waals surface area (Å²) in [6, 6.07) is 6.87. The number of rotatable bonds is 1. The Balaban J connectivity index is 2.67. The molecule has 2 aromatic carbocycles. The molecular weight excluding hydrogens is 228 g/mol. The molecule has 0 bridgehead atoms. The first-order valence-electron chi connectivity index (χ1n) is 5.74. The molecular formula is C15H16O3. The maximum atomic E-state index is 9.87. The van der Waals surface area contributed by atoms with E-state index in [4.69, 9.17) is 0 Å². The van der Waals surface area contributed by atoms with Crippen LogP contribution in [0.2, 0.25) is 0 Å². The summed E-state index contributed by atoms with van der Waals surface area (Å²) in [4.78, 5) is 0. The predicted molar refractivity (Wildman–Crippen MR) is 71.1 cm³/mol. The lowest BCUT2D eigenvalue weighted by Gasteiger charge is -2.12. The number of aryl methyl sites for hydroxylation is 2. The van der Waals surface area contributed by atoms with Crippen LogP contribution in [0, 0.1) is 20.8 Å². The molecule has 0 spiro atoms. The molecule has 0 saturated carbocycles. The molecule has 0 amide bonds. The molecule has 0 saturated heterocycles. The minimum atomic E-state index is -0.483. The van der Waals surface area contributed by atoms with Gasteiger partial charge < -0.3 is 15.3 Å². The summed E-state index contributed by atoms with van der Waals surface area (Å²) in [6.07, 6.45) is 0. The molecule has 0 aliphatic rings. The van der Waals surface area contributed by atoms with Crippen LogP contribution in [0.3, 0.4) is 0 Å². The molecule has 0 aliphatic carbocycles. The monoisotopic (exact) mass is 244 g/mol. The van der Waals surface area contributed by atoms with E-state index in [9.17, 15) is 15.3 Å². The molecule has 3 nitrogen and oxygen atoms in total. The van der Waals surface area contributed by atoms with Crippen LogP contribution in [-0.2, 0) is 0 Å². The fourth-order valence-electron chi connectivity index (χ4n) is 1.99. The van der Waals surface area contributed by atoms with E-state index in [0.29, 0.717) is 5.56 Å². The number of hydrogen-bond acceptors (Lipinski definition) is 3. The summed E-state index contributed by atoms with van der Waals surface area (Å²) < 4.78 is 0. The third kappa shape index (κ3) is 1.88. The van der Waals surface area contributed by atoms with E-state index in [1.165, 1.54) is 11.6 Å². The van der Waals surface area contributed by atoms with Crippen molar-refractivity contribution in [2.24, 2.45) is 0 Å². The standard InChI is InChI=1S/C15H16O3/c1-8-6-11(7-9(2)10(8)3)12-4-5-13(16)15(18)14(12)17/h4-7,16-18H,1-3H3. The Hall–Kier alpha value is -2.16. The number of phenols is 3. The van der Waals surface area contributed by atoms with Crippen molar-refractivity contribution in [1.82, 2.24) is 0 Å². The Kier molecular flexibility index (Phi) is 2.91. The fraction of sp³-hybridized carbons (Fsp3) is 0.200. The molecule has 3 heteroatoms. The molecule has 0 aliphatic heterocycles. The van der Waals surface area contributed by atoms with Gasteiger partial charge in [-0.15, -0.1) is 0 Å². The van der Waals surface area contributed by atoms with Gasteiger partial charge in [0.15, 0.2) is 11.5 Å². The quantitative estimate of drug-likeness (QED) is 0.674. The smallest absolute Gasteiger partial charge is 0.200 e. The van der Waals surface area contributed by atoms with Crippen molar-refractivity contribution in [3.05, 3.63) is 41.0 Å². The van der Waals surface area contributed by atoms with Gasteiger partial charge in [0.1, 0.15) is 0 Å². The van der Waals surface area contributed by atoms with E-state index in [1.807, 2.05) is 32.9 Å². The molecule has 0 fully saturated rings. The van der Waals surface area contributed by atoms with Crippen molar-refractivity contribution in [3.63, 3.8) is 0 Å². The van der Waals surface area contributed by atoms with Crippen LogP contribution in [0.25, 0.3) is 11.1 Å². The minimum Gasteiger partial charge on any atom is -0.504 e. The van der Waals surface area contributed by atoms with E-state index in [-0.39, 0.29) is 11.5 Å². The molecule has 2 aromatic rings. The third-order valence-corrected chi connectivity index (χ3v) is 3.37. The second kappa shape index (κ2) is 4.26. The molecule has 18 heavy (non-hydrogen) atoms. The largest absolute Gasteiger partial charge is 0.504 e. The Morgan fingerprint density at radius 2 is 1.33 bits per heavy atom. The third-order valence-electron chi connectivity index (χ3n) is 3.37. The average Bonchev–Trinajstić information content (AvgIpc) is 2.33. The Morgan fingerprint density at radius 1 is 0.778 bits per heavy atom. The topological polar surface area (TPSA) is 60.7 Å². The molecule has 2 rings (SSSR count). The number of benzene rings is 2. The van der Waals surface area contributed by atoms with Crippen LogP contribution in [0.4, 0.5) is 0 Å². The van der Waals surface area contributed by atoms with Crippen LogP contribution in [0.1, 0.15) is 16.7 Å². The highest BCUT2D eigenvalue weighted by atomic mass is 16.3. The van der Waals surface area contributed by atoms with Crippen molar-refractivity contribution in [2.75, 3.05) is 0 Å². The number of aromatic hydroxyl groups is 3. The number of phenolic OH excluding ortho intramolecular Hbond substituents is 3. The van der Waals surface area contributed by atoms with Gasteiger partial charge in [-0.3, -0.25) is 0 Å². The normalized spacial score (nSPS) is 10.6. The van der Waals surface area contributed by atoms with Crippen LogP contribution < -0.4 is 0 Å². The zero-order valence-corrected chi connectivity index (χ0v) is 10.7. The van der Waals surface area contributed by atoms with Crippen LogP contribution >= 0.6 is 0 Å². The van der Waals surface area contributed by atoms with Gasteiger partial charge in [0.2, 0.25) is 5.75 Å². The van der Waals surface area contributed by atoms with Gasteiger partial charge in [0.05, 0.1) is 0 Å². The van der Waals surface area contributed by atoms with Gasteiger partial charge in [0.25, 0.3) is 0 Å². The zero-order valence-electron chi connectivity index (χ0n) is 10.7. The van der Waals surface area contributed by atoms with Crippen LogP contribution in [0.5, 0.6) is 17.2 Å². The molecule has 94 valence electrons. The summed E-state index contributed by atoms with van der Waals surface area (Å²) >= 11 is 0. The summed E-state index contributed by atoms with van der Waals surface area (Å²) in [5.41, 5.74) is 4.79. The molecule has 0 heterocycles. The van der Waals surface area contributed by atoms with Gasteiger partial charge in [-0.1, -0.05) is 12.1 Å². The highest BCUT2D eigenvalue weighted by Gasteiger charge is 2.13. The van der Waals surface area contributed by atoms with Gasteiger partial charge in [-0.2, -0.15) is 0 Å². The minimum absolute atomic E-state index is 0.294. The van der Waals surface area contributed by atoms with Crippen molar-refractivity contribution in [3.8, 4) is 28.4 Å². The zero-order chi connectivity index (χ0) is 13.4. The molecule has 3 N–H and O–H groups in total. The van der Waals surface area contributed by atoms with E-state index < -0.39 is 5.75 Å². The second-order valence-electron chi connectivity index (χ2n) is 4.56. The Bertz CT molecular complexity index is 592. The van der Waals surface area contributed by atoms with E-state index >= 15 is 0 Å². The lowest BCUT2D eigenvalue weighted by atomic mass is 9.95. The highest BCUT2D eigenvalue weighted by Crippen LogP contribution is 2.42. The first-order chi connectivity index (χ1) is 8.41. The first kappa shape index (κ1) is 12.3. The van der Waals surface area contributed by atoms with Crippen LogP contribution in [0.15, 0.2) is 24.3 Å². The lowest BCUT2D eigenvalue weighted by Crippen LogP contribution is -1.89. The van der Waals surface area contributed by atoms with E-state index in [2.05, 4.69) is 0 Å². The van der Waals surface area contributed by atoms with Crippen molar-refractivity contribution in [2.45, 2.75) is 20.8 Å². The lowest BCUT2D eigenvalue weighted by molar-refractivity contribution is 0.369. The van der Waals surface area contributed by atoms with Crippen molar-refractivity contribution in [1.29, 1.82) is 0 Å². The maximum absolute atomic E-state index is 9.87. The number of hydrogen-bond donors (Lipinski definition) is 3. The summed E-state index contributed by atoms with van der Waals surface area (Å²) in [6.45, 7) is 6.05. The average molecular weight is 244 g/mol. The molecule has 0 aromatic heterocycles. The second-order valence-corrected chi connectivity index (χ2v) is 4.56. The maximum Gasteiger partial charge on any atom is 0.200 e. The molecule has 0 atom stereocenters. The predicted octanol–water partition coefficient (Wildman–Crippen LogP) is 3.40. The highest BCUT2D eigenvalue weighted by molar-refractivity contribution is 5.76. The van der Waals surface area contributed by atoms with E-state index in [1.54, 1.807) is 6.07 Å². The summed E-state index contributed by atoms with van der Waals surface area (Å²) in [5.74, 6) is -1.10. The van der Waals surface area contributed by atoms with E-state index in [0.717, 1.165) is 16.7 Å². The fourth-order valence-corrected chi connectivity index (χ4v) is 1.99. The van der Waals surface area contributed by atoms with Gasteiger partial charge in [0, 0.05) is 5.56 Å². The Labute approximate surface area is 106 Å². The first-order valence-corrected chi connectivity index (χ1v) is 5.74. The SMILES string of the molecule is Cc1cc(-c2ccc(O)c(O)c2O)cc(C)c1C. The van der Waals surface area contributed by atoms with Crippen molar-refractivity contribution < 1.29 is 15.3 Å². The summed E-state index contributed by atoms with van der Waals surface area (Å²) in [5, 5.41) is 28.7. The van der Waals surface area contributed by atoms with Crippen molar-refractivity contribution >= 4 is 0 Å². The van der Waals surface area contributed by atoms with Gasteiger partial charge >= 0.3 is 0 Å². The summed E-state index contributed by atoms with van der Waals surface area (Å²) in [7, 11) is 0.